The maximum Gasteiger partial charge on any atom is 0.255 e. The van der Waals surface area contributed by atoms with Crippen LogP contribution in [-0.2, 0) is 11.5 Å². The number of amides is 2. The molecule has 0 spiro atoms. The molecule has 0 atom stereocenters. The van der Waals surface area contributed by atoms with E-state index in [1.165, 1.54) is 6.92 Å². The van der Waals surface area contributed by atoms with E-state index in [1.54, 1.807) is 48.7 Å². The zero-order chi connectivity index (χ0) is 22.0. The minimum absolute atomic E-state index is 0.177. The topological polar surface area (TPSA) is 75.5 Å². The molecule has 0 unspecified atom stereocenters. The Labute approximate surface area is 178 Å². The molecule has 2 amide bonds. The normalized spacial score (nSPS) is 10.8. The van der Waals surface area contributed by atoms with Gasteiger partial charge in [-0.25, -0.2) is 9.37 Å². The van der Waals surface area contributed by atoms with Gasteiger partial charge in [0.05, 0.1) is 17.6 Å². The number of pyridine rings is 1. The number of imidazole rings is 1. The Bertz CT molecular complexity index is 1300. The summed E-state index contributed by atoms with van der Waals surface area (Å²) in [4.78, 5) is 28.8. The predicted octanol–water partition coefficient (Wildman–Crippen LogP) is 4.99. The summed E-state index contributed by atoms with van der Waals surface area (Å²) in [6, 6.07) is 15.7. The summed E-state index contributed by atoms with van der Waals surface area (Å²) < 4.78 is 14.8. The number of nitrogens with zero attached hydrogens (tertiary/aromatic N) is 2. The molecule has 0 aliphatic carbocycles. The largest absolute Gasteiger partial charge is 0.323 e. The molecule has 2 N–H and O–H groups in total. The van der Waals surface area contributed by atoms with Crippen LogP contribution in [0.5, 0.6) is 0 Å². The van der Waals surface area contributed by atoms with Crippen molar-refractivity contribution < 1.29 is 14.0 Å². The third-order valence-electron chi connectivity index (χ3n) is 4.96. The first kappa shape index (κ1) is 20.3. The first-order valence-corrected chi connectivity index (χ1v) is 9.77. The van der Waals surface area contributed by atoms with Gasteiger partial charge in [0.15, 0.2) is 5.65 Å². The van der Waals surface area contributed by atoms with Crippen LogP contribution in [0.4, 0.5) is 15.8 Å². The number of carbonyl (C=O) groups is 2. The summed E-state index contributed by atoms with van der Waals surface area (Å²) in [5.74, 6) is -0.464. The molecule has 0 saturated carbocycles. The van der Waals surface area contributed by atoms with Gasteiger partial charge in [-0.1, -0.05) is 18.2 Å². The van der Waals surface area contributed by atoms with E-state index in [0.29, 0.717) is 28.1 Å². The molecule has 0 fully saturated rings. The van der Waals surface area contributed by atoms with Gasteiger partial charge in [-0.3, -0.25) is 14.0 Å². The molecule has 4 rings (SSSR count). The monoisotopic (exact) mass is 416 g/mol. The Kier molecular flexibility index (Phi) is 5.49. The number of rotatable bonds is 5. The van der Waals surface area contributed by atoms with Gasteiger partial charge in [0, 0.05) is 29.9 Å². The minimum Gasteiger partial charge on any atom is -0.323 e. The lowest BCUT2D eigenvalue weighted by Crippen LogP contribution is -2.12. The van der Waals surface area contributed by atoms with Gasteiger partial charge < -0.3 is 10.6 Å². The zero-order valence-electron chi connectivity index (χ0n) is 17.1. The number of fused-ring (bicyclic) bond motifs is 1. The Balaban J connectivity index is 1.70. The molecule has 0 radical (unpaired) electrons. The van der Waals surface area contributed by atoms with Crippen LogP contribution in [0.2, 0.25) is 0 Å². The van der Waals surface area contributed by atoms with Crippen LogP contribution in [0.15, 0.2) is 67.0 Å². The van der Waals surface area contributed by atoms with Crippen molar-refractivity contribution in [2.75, 3.05) is 10.6 Å². The number of halogens is 1. The first-order valence-electron chi connectivity index (χ1n) is 9.77. The summed E-state index contributed by atoms with van der Waals surface area (Å²) in [5, 5.41) is 5.60. The van der Waals surface area contributed by atoms with Crippen LogP contribution in [0.1, 0.15) is 28.4 Å². The second-order valence-electron chi connectivity index (χ2n) is 7.26. The maximum atomic E-state index is 12.9. The van der Waals surface area contributed by atoms with Crippen LogP contribution < -0.4 is 10.6 Å². The molecule has 2 aromatic carbocycles. The second-order valence-corrected chi connectivity index (χ2v) is 7.26. The number of hydrogen-bond donors (Lipinski definition) is 2. The average molecular weight is 416 g/mol. The van der Waals surface area contributed by atoms with Gasteiger partial charge in [0.1, 0.15) is 6.67 Å². The van der Waals surface area contributed by atoms with Crippen LogP contribution in [0, 0.1) is 6.92 Å². The molecular weight excluding hydrogens is 395 g/mol. The van der Waals surface area contributed by atoms with E-state index in [1.807, 2.05) is 29.7 Å². The number of aryl methyl sites for hydroxylation is 1. The maximum absolute atomic E-state index is 12.9. The third kappa shape index (κ3) is 4.16. The molecular formula is C24H21FN4O2. The van der Waals surface area contributed by atoms with Crippen LogP contribution in [-0.4, -0.2) is 21.2 Å². The van der Waals surface area contributed by atoms with Crippen molar-refractivity contribution in [1.82, 2.24) is 9.38 Å². The van der Waals surface area contributed by atoms with E-state index >= 15 is 0 Å². The van der Waals surface area contributed by atoms with Gasteiger partial charge in [-0.05, 0) is 54.4 Å². The Morgan fingerprint density at radius 3 is 2.68 bits per heavy atom. The van der Waals surface area contributed by atoms with E-state index in [0.717, 1.165) is 16.8 Å². The van der Waals surface area contributed by atoms with E-state index < -0.39 is 6.67 Å². The lowest BCUT2D eigenvalue weighted by molar-refractivity contribution is -0.114. The molecule has 4 aromatic rings. The highest BCUT2D eigenvalue weighted by Gasteiger charge is 2.15. The molecule has 0 bridgehead atoms. The molecule has 0 aliphatic heterocycles. The fraction of sp³-hybridized carbons (Fsp3) is 0.125. The Morgan fingerprint density at radius 2 is 1.90 bits per heavy atom. The number of aromatic nitrogens is 2. The van der Waals surface area contributed by atoms with E-state index in [2.05, 4.69) is 15.6 Å². The number of anilines is 2. The fourth-order valence-electron chi connectivity index (χ4n) is 3.47. The first-order chi connectivity index (χ1) is 15.0. The summed E-state index contributed by atoms with van der Waals surface area (Å²) in [6.45, 7) is 2.81. The number of carbonyl (C=O) groups excluding carboxylic acids is 2. The van der Waals surface area contributed by atoms with Crippen molar-refractivity contribution in [2.45, 2.75) is 20.5 Å². The molecule has 156 valence electrons. The van der Waals surface area contributed by atoms with Crippen LogP contribution >= 0.6 is 0 Å². The smallest absolute Gasteiger partial charge is 0.255 e. The summed E-state index contributed by atoms with van der Waals surface area (Å²) >= 11 is 0. The second kappa shape index (κ2) is 8.39. The molecule has 2 heterocycles. The molecule has 0 aliphatic rings. The van der Waals surface area contributed by atoms with E-state index in [4.69, 9.17) is 0 Å². The van der Waals surface area contributed by atoms with Gasteiger partial charge in [0.25, 0.3) is 5.91 Å². The third-order valence-corrected chi connectivity index (χ3v) is 4.96. The summed E-state index contributed by atoms with van der Waals surface area (Å²) in [6.07, 6.45) is 3.58. The predicted molar refractivity (Wildman–Crippen MR) is 119 cm³/mol. The molecule has 6 nitrogen and oxygen atoms in total. The standard InChI is InChI=1S/C24H21FN4O2/c1-15-8-9-18(24(31)28-19-6-3-5-17(11-19)13-25)12-20(15)22-14-26-23-21(27-16(2)30)7-4-10-29(22)23/h3-12,14H,13H2,1-2H3,(H,27,30)(H,28,31). The van der Waals surface area contributed by atoms with Crippen molar-refractivity contribution in [3.63, 3.8) is 0 Å². The average Bonchev–Trinajstić information content (AvgIpc) is 3.19. The Hall–Kier alpha value is -4.00. The van der Waals surface area contributed by atoms with Crippen molar-refractivity contribution in [3.8, 4) is 11.3 Å². The summed E-state index contributed by atoms with van der Waals surface area (Å²) in [7, 11) is 0. The van der Waals surface area contributed by atoms with Crippen molar-refractivity contribution in [1.29, 1.82) is 0 Å². The fourth-order valence-corrected chi connectivity index (χ4v) is 3.47. The number of benzene rings is 2. The lowest BCUT2D eigenvalue weighted by atomic mass is 10.0. The van der Waals surface area contributed by atoms with Gasteiger partial charge in [0.2, 0.25) is 5.91 Å². The quantitative estimate of drug-likeness (QED) is 0.481. The molecule has 2 aromatic heterocycles. The SMILES string of the molecule is CC(=O)Nc1cccn2c(-c3cc(C(=O)Nc4cccc(CF)c4)ccc3C)cnc12. The number of alkyl halides is 1. The van der Waals surface area contributed by atoms with E-state index in [9.17, 15) is 14.0 Å². The number of hydrogen-bond acceptors (Lipinski definition) is 3. The van der Waals surface area contributed by atoms with Crippen molar-refractivity contribution >= 4 is 28.8 Å². The highest BCUT2D eigenvalue weighted by Crippen LogP contribution is 2.28. The van der Waals surface area contributed by atoms with Gasteiger partial charge in [-0.2, -0.15) is 0 Å². The molecule has 0 saturated heterocycles. The van der Waals surface area contributed by atoms with Gasteiger partial charge >= 0.3 is 0 Å². The highest BCUT2D eigenvalue weighted by atomic mass is 19.1. The molecule has 31 heavy (non-hydrogen) atoms. The minimum atomic E-state index is -0.590. The molecule has 7 heteroatoms. The van der Waals surface area contributed by atoms with Crippen LogP contribution in [0.3, 0.4) is 0 Å². The van der Waals surface area contributed by atoms with Gasteiger partial charge in [-0.15, -0.1) is 0 Å². The summed E-state index contributed by atoms with van der Waals surface area (Å²) in [5.41, 5.74) is 5.36. The van der Waals surface area contributed by atoms with Crippen molar-refractivity contribution in [3.05, 3.63) is 83.7 Å². The Morgan fingerprint density at radius 1 is 1.06 bits per heavy atom. The zero-order valence-corrected chi connectivity index (χ0v) is 17.1. The van der Waals surface area contributed by atoms with E-state index in [-0.39, 0.29) is 11.8 Å². The van der Waals surface area contributed by atoms with Crippen molar-refractivity contribution in [2.24, 2.45) is 0 Å². The number of nitrogens with one attached hydrogen (secondary N) is 2. The lowest BCUT2D eigenvalue weighted by Gasteiger charge is -2.11. The van der Waals surface area contributed by atoms with Crippen LogP contribution in [0.25, 0.3) is 16.9 Å². The highest BCUT2D eigenvalue weighted by molar-refractivity contribution is 6.05.